The third kappa shape index (κ3) is 6.87. The largest absolute Gasteiger partial charge is 0.427 e. The van der Waals surface area contributed by atoms with E-state index in [4.69, 9.17) is 4.74 Å². The van der Waals surface area contributed by atoms with Crippen molar-refractivity contribution in [2.45, 2.75) is 13.3 Å². The minimum absolute atomic E-state index is 0.112. The summed E-state index contributed by atoms with van der Waals surface area (Å²) in [6.45, 7) is 3.67. The molecule has 206 valence electrons. The Hall–Kier alpha value is -4.52. The quantitative estimate of drug-likeness (QED) is 0.413. The van der Waals surface area contributed by atoms with Crippen molar-refractivity contribution in [1.82, 2.24) is 24.3 Å². The van der Waals surface area contributed by atoms with Gasteiger partial charge in [-0.25, -0.2) is 19.2 Å². The number of imidazole rings is 1. The van der Waals surface area contributed by atoms with Gasteiger partial charge in [-0.3, -0.25) is 24.4 Å². The van der Waals surface area contributed by atoms with E-state index >= 15 is 0 Å². The molecule has 0 unspecified atom stereocenters. The number of pyridine rings is 1. The lowest BCUT2D eigenvalue weighted by atomic mass is 10.2. The van der Waals surface area contributed by atoms with Gasteiger partial charge in [0, 0.05) is 53.9 Å². The molecule has 13 heteroatoms. The first-order valence-corrected chi connectivity index (χ1v) is 12.3. The van der Waals surface area contributed by atoms with Gasteiger partial charge >= 0.3 is 6.09 Å². The van der Waals surface area contributed by atoms with Crippen LogP contribution in [0.4, 0.5) is 26.5 Å². The fourth-order valence-corrected chi connectivity index (χ4v) is 4.18. The number of hydrogen-bond acceptors (Lipinski definition) is 8. The molecule has 3 aromatic rings. The van der Waals surface area contributed by atoms with Gasteiger partial charge in [-0.15, -0.1) is 0 Å². The van der Waals surface area contributed by atoms with Crippen LogP contribution in [0.25, 0.3) is 0 Å². The van der Waals surface area contributed by atoms with Crippen molar-refractivity contribution in [2.75, 3.05) is 62.4 Å². The molecule has 4 rings (SSSR count). The van der Waals surface area contributed by atoms with Gasteiger partial charge in [-0.05, 0) is 29.8 Å². The topological polar surface area (TPSA) is 116 Å². The number of halogens is 1. The van der Waals surface area contributed by atoms with E-state index in [9.17, 15) is 18.8 Å². The third-order valence-corrected chi connectivity index (χ3v) is 6.26. The van der Waals surface area contributed by atoms with Gasteiger partial charge < -0.3 is 19.4 Å². The van der Waals surface area contributed by atoms with Crippen LogP contribution in [-0.2, 0) is 22.8 Å². The summed E-state index contributed by atoms with van der Waals surface area (Å²) >= 11 is 0. The van der Waals surface area contributed by atoms with Gasteiger partial charge in [0.15, 0.2) is 18.2 Å². The zero-order chi connectivity index (χ0) is 27.9. The number of carbonyl (C=O) groups excluding carboxylic acids is 3. The zero-order valence-corrected chi connectivity index (χ0v) is 22.1. The summed E-state index contributed by atoms with van der Waals surface area (Å²) in [5, 5.41) is 2.57. The lowest BCUT2D eigenvalue weighted by Gasteiger charge is -2.36. The zero-order valence-electron chi connectivity index (χ0n) is 22.1. The number of anilines is 3. The van der Waals surface area contributed by atoms with E-state index in [0.29, 0.717) is 18.8 Å². The number of piperazine rings is 1. The van der Waals surface area contributed by atoms with Crippen molar-refractivity contribution in [3.8, 4) is 0 Å². The van der Waals surface area contributed by atoms with Gasteiger partial charge in [0.2, 0.25) is 6.41 Å². The Morgan fingerprint density at radius 2 is 1.87 bits per heavy atom. The smallest absolute Gasteiger partial charge is 0.414 e. The van der Waals surface area contributed by atoms with Crippen LogP contribution in [0.15, 0.2) is 48.9 Å². The second kappa shape index (κ2) is 12.3. The van der Waals surface area contributed by atoms with Crippen molar-refractivity contribution >= 4 is 35.7 Å². The predicted octanol–water partition coefficient (Wildman–Crippen LogP) is 2.24. The molecule has 0 radical (unpaired) electrons. The van der Waals surface area contributed by atoms with E-state index in [1.165, 1.54) is 33.8 Å². The number of nitrogens with zero attached hydrogens (tertiary/aromatic N) is 7. The molecule has 1 N–H and O–H groups in total. The monoisotopic (exact) mass is 538 g/mol. The molecule has 1 aliphatic heterocycles. The first-order valence-electron chi connectivity index (χ1n) is 12.3. The summed E-state index contributed by atoms with van der Waals surface area (Å²) < 4.78 is 20.1. The molecular formula is C26H31FN8O4. The summed E-state index contributed by atoms with van der Waals surface area (Å²) in [5.74, 6) is -0.158. The Morgan fingerprint density at radius 1 is 1.10 bits per heavy atom. The van der Waals surface area contributed by atoms with E-state index in [-0.39, 0.29) is 24.1 Å². The number of ether oxygens (including phenoxy) is 1. The van der Waals surface area contributed by atoms with E-state index in [1.54, 1.807) is 38.5 Å². The number of benzene rings is 1. The SMILES string of the molecule is CN(C)C(=O)c1c(N(C)C=O)ncn1COC(=O)Nc1ccc(N2CCN(Cc3cccc(F)c3)CC2)cn1. The molecular weight excluding hydrogens is 507 g/mol. The van der Waals surface area contributed by atoms with Crippen LogP contribution in [0.5, 0.6) is 0 Å². The number of amides is 3. The molecule has 2 aromatic heterocycles. The predicted molar refractivity (Wildman–Crippen MR) is 143 cm³/mol. The van der Waals surface area contributed by atoms with E-state index < -0.39 is 12.0 Å². The summed E-state index contributed by atoms with van der Waals surface area (Å²) in [6, 6.07) is 10.2. The van der Waals surface area contributed by atoms with Crippen molar-refractivity contribution in [1.29, 1.82) is 0 Å². The molecule has 0 atom stereocenters. The fraction of sp³-hybridized carbons (Fsp3) is 0.346. The number of aromatic nitrogens is 3. The van der Waals surface area contributed by atoms with Crippen LogP contribution in [-0.4, -0.2) is 90.1 Å². The van der Waals surface area contributed by atoms with Crippen LogP contribution in [0.1, 0.15) is 16.1 Å². The fourth-order valence-electron chi connectivity index (χ4n) is 4.18. The maximum atomic E-state index is 13.5. The molecule has 1 aromatic carbocycles. The Morgan fingerprint density at radius 3 is 2.51 bits per heavy atom. The van der Waals surface area contributed by atoms with Gasteiger partial charge in [-0.2, -0.15) is 0 Å². The van der Waals surface area contributed by atoms with Gasteiger partial charge in [0.05, 0.1) is 11.9 Å². The highest BCUT2D eigenvalue weighted by atomic mass is 19.1. The van der Waals surface area contributed by atoms with Crippen LogP contribution < -0.4 is 15.1 Å². The Bertz CT molecular complexity index is 1310. The third-order valence-electron chi connectivity index (χ3n) is 6.26. The lowest BCUT2D eigenvalue weighted by Crippen LogP contribution is -2.46. The van der Waals surface area contributed by atoms with Crippen LogP contribution in [0.3, 0.4) is 0 Å². The van der Waals surface area contributed by atoms with E-state index in [0.717, 1.165) is 37.4 Å². The molecule has 0 spiro atoms. The van der Waals surface area contributed by atoms with Crippen molar-refractivity contribution in [3.05, 3.63) is 66.0 Å². The van der Waals surface area contributed by atoms with Crippen molar-refractivity contribution < 1.29 is 23.5 Å². The lowest BCUT2D eigenvalue weighted by molar-refractivity contribution is -0.107. The van der Waals surface area contributed by atoms with Crippen molar-refractivity contribution in [2.24, 2.45) is 0 Å². The molecule has 0 saturated carbocycles. The summed E-state index contributed by atoms with van der Waals surface area (Å²) in [5.41, 5.74) is 1.99. The summed E-state index contributed by atoms with van der Waals surface area (Å²) in [4.78, 5) is 51.6. The second-order valence-electron chi connectivity index (χ2n) is 9.28. The normalized spacial score (nSPS) is 13.6. The minimum Gasteiger partial charge on any atom is -0.427 e. The van der Waals surface area contributed by atoms with Gasteiger partial charge in [-0.1, -0.05) is 12.1 Å². The molecule has 1 fully saturated rings. The molecule has 39 heavy (non-hydrogen) atoms. The molecule has 0 bridgehead atoms. The number of hydrogen-bond donors (Lipinski definition) is 1. The Balaban J connectivity index is 1.29. The first-order chi connectivity index (χ1) is 18.7. The molecule has 1 aliphatic rings. The van der Waals surface area contributed by atoms with Crippen LogP contribution in [0.2, 0.25) is 0 Å². The summed E-state index contributed by atoms with van der Waals surface area (Å²) in [6.07, 6.45) is 2.78. The molecule has 0 aliphatic carbocycles. The molecule has 1 saturated heterocycles. The standard InChI is InChI=1S/C26H31FN8O4/c1-31(2)25(37)23-24(32(3)17-36)29-16-35(23)18-39-26(38)30-22-8-7-21(14-28-22)34-11-9-33(10-12-34)15-19-5-4-6-20(27)13-19/h4-8,13-14,16-17H,9-12,15,18H2,1-3H3,(H,28,30,38). The second-order valence-corrected chi connectivity index (χ2v) is 9.28. The maximum Gasteiger partial charge on any atom is 0.414 e. The molecule has 3 amide bonds. The summed E-state index contributed by atoms with van der Waals surface area (Å²) in [7, 11) is 4.61. The van der Waals surface area contributed by atoms with Crippen molar-refractivity contribution in [3.63, 3.8) is 0 Å². The first kappa shape index (κ1) is 27.5. The molecule has 12 nitrogen and oxygen atoms in total. The maximum absolute atomic E-state index is 13.5. The highest BCUT2D eigenvalue weighted by Crippen LogP contribution is 2.20. The Labute approximate surface area is 225 Å². The van der Waals surface area contributed by atoms with Gasteiger partial charge in [0.1, 0.15) is 18.0 Å². The average Bonchev–Trinajstić information content (AvgIpc) is 3.36. The van der Waals surface area contributed by atoms with Gasteiger partial charge in [0.25, 0.3) is 5.91 Å². The number of carbonyl (C=O) groups is 3. The van der Waals surface area contributed by atoms with E-state index in [1.807, 2.05) is 12.1 Å². The van der Waals surface area contributed by atoms with E-state index in [2.05, 4.69) is 25.1 Å². The highest BCUT2D eigenvalue weighted by molar-refractivity contribution is 5.99. The van der Waals surface area contributed by atoms with Crippen LogP contribution in [0, 0.1) is 5.82 Å². The number of nitrogens with one attached hydrogen (secondary N) is 1. The molecule has 3 heterocycles. The Kier molecular flexibility index (Phi) is 8.71. The average molecular weight is 539 g/mol. The highest BCUT2D eigenvalue weighted by Gasteiger charge is 2.24. The number of rotatable bonds is 9. The minimum atomic E-state index is -0.761. The van der Waals surface area contributed by atoms with Crippen LogP contribution >= 0.6 is 0 Å².